The number of nitrogens with zero attached hydrogens (tertiary/aromatic N) is 4. The van der Waals surface area contributed by atoms with E-state index in [0.29, 0.717) is 30.3 Å². The Morgan fingerprint density at radius 3 is 2.21 bits per heavy atom. The quantitative estimate of drug-likeness (QED) is 0.539. The van der Waals surface area contributed by atoms with Crippen LogP contribution >= 0.6 is 11.3 Å². The fourth-order valence-corrected chi connectivity index (χ4v) is 7.95. The van der Waals surface area contributed by atoms with Gasteiger partial charge in [0, 0.05) is 43.2 Å². The van der Waals surface area contributed by atoms with Gasteiger partial charge < -0.3 is 14.6 Å². The number of aromatic carboxylic acids is 1. The van der Waals surface area contributed by atoms with Crippen LogP contribution in [0, 0.1) is 18.8 Å². The van der Waals surface area contributed by atoms with Crippen LogP contribution in [-0.4, -0.2) is 58.4 Å². The van der Waals surface area contributed by atoms with Crippen LogP contribution in [-0.2, 0) is 27.3 Å². The van der Waals surface area contributed by atoms with Crippen molar-refractivity contribution in [3.05, 3.63) is 27.8 Å². The molecule has 1 aliphatic carbocycles. The molecular formula is C27H40N4O5S2. The number of carboxylic acids is 1. The van der Waals surface area contributed by atoms with Crippen molar-refractivity contribution in [2.45, 2.75) is 89.6 Å². The summed E-state index contributed by atoms with van der Waals surface area (Å²) in [6.07, 6.45) is 5.93. The second-order valence-corrected chi connectivity index (χ2v) is 14.9. The molecule has 0 aromatic carbocycles. The Kier molecular flexibility index (Phi) is 8.12. The van der Waals surface area contributed by atoms with Crippen LogP contribution in [0.5, 0.6) is 0 Å². The van der Waals surface area contributed by atoms with Crippen molar-refractivity contribution >= 4 is 38.9 Å². The Bertz CT molecular complexity index is 1270. The molecule has 2 aromatic rings. The number of carbonyl (C=O) groups is 2. The van der Waals surface area contributed by atoms with E-state index in [4.69, 9.17) is 0 Å². The maximum absolute atomic E-state index is 14.1. The van der Waals surface area contributed by atoms with Gasteiger partial charge in [0.1, 0.15) is 10.7 Å². The molecule has 1 saturated heterocycles. The monoisotopic (exact) mass is 564 g/mol. The van der Waals surface area contributed by atoms with Gasteiger partial charge in [-0.15, -0.1) is 11.3 Å². The Balaban J connectivity index is 1.65. The summed E-state index contributed by atoms with van der Waals surface area (Å²) in [6, 6.07) is 1.59. The van der Waals surface area contributed by atoms with Crippen molar-refractivity contribution in [3.8, 4) is 0 Å². The molecule has 2 aliphatic rings. The minimum absolute atomic E-state index is 0.0284. The predicted octanol–water partition coefficient (Wildman–Crippen LogP) is 4.80. The lowest BCUT2D eigenvalue weighted by Crippen LogP contribution is -2.51. The minimum atomic E-state index is -3.76. The van der Waals surface area contributed by atoms with E-state index in [1.54, 1.807) is 23.4 Å². The zero-order valence-electron chi connectivity index (χ0n) is 23.2. The van der Waals surface area contributed by atoms with E-state index in [0.717, 1.165) is 30.6 Å². The molecule has 0 atom stereocenters. The molecule has 1 saturated carbocycles. The van der Waals surface area contributed by atoms with E-state index in [1.807, 2.05) is 26.8 Å². The summed E-state index contributed by atoms with van der Waals surface area (Å²) < 4.78 is 29.6. The van der Waals surface area contributed by atoms with Crippen LogP contribution < -0.4 is 4.90 Å². The fourth-order valence-electron chi connectivity index (χ4n) is 5.41. The second-order valence-electron chi connectivity index (χ2n) is 11.9. The van der Waals surface area contributed by atoms with Crippen molar-refractivity contribution in [1.29, 1.82) is 0 Å². The summed E-state index contributed by atoms with van der Waals surface area (Å²) in [5.41, 5.74) is 0.193. The van der Waals surface area contributed by atoms with E-state index in [9.17, 15) is 23.1 Å². The van der Waals surface area contributed by atoms with Crippen LogP contribution in [0.4, 0.5) is 5.69 Å². The lowest BCUT2D eigenvalue weighted by molar-refractivity contribution is -0.124. The van der Waals surface area contributed by atoms with E-state index >= 15 is 0 Å². The molecule has 4 rings (SSSR count). The highest BCUT2D eigenvalue weighted by Gasteiger charge is 2.40. The number of sulfonamides is 1. The van der Waals surface area contributed by atoms with Crippen LogP contribution in [0.25, 0.3) is 0 Å². The highest BCUT2D eigenvalue weighted by molar-refractivity contribution is 7.89. The summed E-state index contributed by atoms with van der Waals surface area (Å²) in [5, 5.41) is 10.1. The molecule has 2 fully saturated rings. The van der Waals surface area contributed by atoms with Gasteiger partial charge in [-0.25, -0.2) is 18.2 Å². The van der Waals surface area contributed by atoms with Gasteiger partial charge in [-0.3, -0.25) is 4.79 Å². The first kappa shape index (κ1) is 28.8. The summed E-state index contributed by atoms with van der Waals surface area (Å²) >= 11 is 1.23. The van der Waals surface area contributed by atoms with Crippen molar-refractivity contribution < 1.29 is 23.1 Å². The van der Waals surface area contributed by atoms with E-state index in [-0.39, 0.29) is 46.3 Å². The Morgan fingerprint density at radius 2 is 1.71 bits per heavy atom. The highest BCUT2D eigenvalue weighted by atomic mass is 32.2. The van der Waals surface area contributed by atoms with Crippen molar-refractivity contribution in [2.24, 2.45) is 18.9 Å². The standard InChI is InChI=1S/C27H40N4O5S2/c1-17-7-9-19(10-8-17)25(32)31(21-15-22(27(3,4)5)37-24(21)26(33)34)20-11-13-30(14-12-20)38(35,36)23-16-29(6)18(2)28-23/h15-17,19-20H,7-14H2,1-6H3,(H,33,34)/t17-,19-. The average molecular weight is 565 g/mol. The number of anilines is 1. The number of thiophene rings is 1. The van der Waals surface area contributed by atoms with Gasteiger partial charge in [0.2, 0.25) is 5.91 Å². The molecule has 0 unspecified atom stereocenters. The van der Waals surface area contributed by atoms with E-state index in [2.05, 4.69) is 11.9 Å². The van der Waals surface area contributed by atoms with Crippen molar-refractivity contribution in [2.75, 3.05) is 18.0 Å². The third-order valence-electron chi connectivity index (χ3n) is 7.99. The van der Waals surface area contributed by atoms with Crippen molar-refractivity contribution in [1.82, 2.24) is 13.9 Å². The lowest BCUT2D eigenvalue weighted by Gasteiger charge is -2.40. The molecular weight excluding hydrogens is 524 g/mol. The number of piperidine rings is 1. The van der Waals surface area contributed by atoms with Crippen LogP contribution in [0.1, 0.15) is 86.6 Å². The first-order valence-corrected chi connectivity index (χ1v) is 15.7. The second kappa shape index (κ2) is 10.7. The fraction of sp³-hybridized carbons (Fsp3) is 0.667. The number of aryl methyl sites for hydroxylation is 2. The summed E-state index contributed by atoms with van der Waals surface area (Å²) in [5.74, 6) is -0.0192. The number of carboxylic acid groups (broad SMARTS) is 1. The lowest BCUT2D eigenvalue weighted by atomic mass is 9.82. The van der Waals surface area contributed by atoms with E-state index < -0.39 is 16.0 Å². The molecule has 1 amide bonds. The van der Waals surface area contributed by atoms with E-state index in [1.165, 1.54) is 21.8 Å². The number of carbonyl (C=O) groups excluding carboxylic acids is 1. The SMILES string of the molecule is Cc1nc(S(=O)(=O)N2CCC(N(c3cc(C(C)(C)C)sc3C(=O)O)C(=O)[C@H]3CC[C@H](C)CC3)CC2)cn1C. The number of imidazole rings is 1. The van der Waals surface area contributed by atoms with Gasteiger partial charge in [-0.2, -0.15) is 4.31 Å². The van der Waals surface area contributed by atoms with Gasteiger partial charge in [0.25, 0.3) is 10.0 Å². The average Bonchev–Trinajstić information content (AvgIpc) is 3.44. The molecule has 1 N–H and O–H groups in total. The van der Waals surface area contributed by atoms with Gasteiger partial charge in [0.15, 0.2) is 5.03 Å². The van der Waals surface area contributed by atoms with Crippen LogP contribution in [0.3, 0.4) is 0 Å². The van der Waals surface area contributed by atoms with Gasteiger partial charge in [0.05, 0.1) is 5.69 Å². The third kappa shape index (κ3) is 5.70. The topological polar surface area (TPSA) is 113 Å². The Labute approximate surface area is 229 Å². The largest absolute Gasteiger partial charge is 0.477 e. The third-order valence-corrected chi connectivity index (χ3v) is 11.3. The molecule has 38 heavy (non-hydrogen) atoms. The number of hydrogen-bond acceptors (Lipinski definition) is 6. The molecule has 0 bridgehead atoms. The molecule has 2 aromatic heterocycles. The van der Waals surface area contributed by atoms with Crippen LogP contribution in [0.15, 0.2) is 17.3 Å². The Hall–Kier alpha value is -2.24. The Morgan fingerprint density at radius 1 is 1.11 bits per heavy atom. The number of amides is 1. The first-order valence-electron chi connectivity index (χ1n) is 13.4. The highest BCUT2D eigenvalue weighted by Crippen LogP contribution is 2.41. The first-order chi connectivity index (χ1) is 17.7. The smallest absolute Gasteiger partial charge is 0.348 e. The number of rotatable bonds is 6. The summed E-state index contributed by atoms with van der Waals surface area (Å²) in [6.45, 7) is 10.5. The molecule has 3 heterocycles. The molecule has 0 spiro atoms. The predicted molar refractivity (Wildman–Crippen MR) is 148 cm³/mol. The summed E-state index contributed by atoms with van der Waals surface area (Å²) in [4.78, 5) is 33.4. The number of hydrogen-bond donors (Lipinski definition) is 1. The zero-order valence-corrected chi connectivity index (χ0v) is 24.9. The molecule has 9 nitrogen and oxygen atoms in total. The minimum Gasteiger partial charge on any atom is -0.477 e. The molecule has 0 radical (unpaired) electrons. The van der Waals surface area contributed by atoms with Gasteiger partial charge in [-0.05, 0) is 62.8 Å². The molecule has 1 aliphatic heterocycles. The van der Waals surface area contributed by atoms with Gasteiger partial charge in [-0.1, -0.05) is 27.7 Å². The maximum atomic E-state index is 14.1. The zero-order chi connectivity index (χ0) is 28.0. The molecule has 210 valence electrons. The summed E-state index contributed by atoms with van der Waals surface area (Å²) in [7, 11) is -2.00. The van der Waals surface area contributed by atoms with Crippen LogP contribution in [0.2, 0.25) is 0 Å². The molecule has 11 heteroatoms. The van der Waals surface area contributed by atoms with Gasteiger partial charge >= 0.3 is 5.97 Å². The van der Waals surface area contributed by atoms with Crippen molar-refractivity contribution in [3.63, 3.8) is 0 Å². The normalized spacial score (nSPS) is 21.9. The number of aromatic nitrogens is 2. The maximum Gasteiger partial charge on any atom is 0.348 e.